The largest absolute Gasteiger partial charge is 0.425 e. The van der Waals surface area contributed by atoms with E-state index in [0.717, 1.165) is 6.08 Å². The molecule has 0 saturated carbocycles. The SMILES string of the molecule is C=CC(=O)OCOC(=O)C(=C)C. The van der Waals surface area contributed by atoms with E-state index in [0.29, 0.717) is 0 Å². The predicted molar refractivity (Wildman–Crippen MR) is 42.1 cm³/mol. The Kier molecular flexibility index (Phi) is 4.45. The van der Waals surface area contributed by atoms with Gasteiger partial charge in [0.05, 0.1) is 0 Å². The first-order chi connectivity index (χ1) is 5.57. The maximum Gasteiger partial charge on any atom is 0.335 e. The number of hydrogen-bond acceptors (Lipinski definition) is 4. The minimum Gasteiger partial charge on any atom is -0.425 e. The van der Waals surface area contributed by atoms with Crippen LogP contribution in [0.5, 0.6) is 0 Å². The zero-order chi connectivity index (χ0) is 9.56. The highest BCUT2D eigenvalue weighted by molar-refractivity contribution is 5.87. The third-order valence-electron chi connectivity index (χ3n) is 0.906. The van der Waals surface area contributed by atoms with Crippen molar-refractivity contribution in [2.24, 2.45) is 0 Å². The van der Waals surface area contributed by atoms with Crippen LogP contribution in [0, 0.1) is 0 Å². The van der Waals surface area contributed by atoms with Crippen molar-refractivity contribution in [3.05, 3.63) is 24.8 Å². The first-order valence-electron chi connectivity index (χ1n) is 3.19. The maximum atomic E-state index is 10.7. The molecule has 0 amide bonds. The average molecular weight is 170 g/mol. The molecule has 0 heterocycles. The van der Waals surface area contributed by atoms with Gasteiger partial charge in [0, 0.05) is 11.6 Å². The molecular formula is C8H10O4. The van der Waals surface area contributed by atoms with Crippen LogP contribution in [0.15, 0.2) is 24.8 Å². The van der Waals surface area contributed by atoms with Gasteiger partial charge < -0.3 is 9.47 Å². The molecule has 0 aromatic carbocycles. The molecule has 66 valence electrons. The van der Waals surface area contributed by atoms with Gasteiger partial charge in [0.25, 0.3) is 0 Å². The molecule has 0 bridgehead atoms. The molecule has 12 heavy (non-hydrogen) atoms. The van der Waals surface area contributed by atoms with E-state index in [4.69, 9.17) is 0 Å². The minimum absolute atomic E-state index is 0.254. The van der Waals surface area contributed by atoms with E-state index in [-0.39, 0.29) is 5.57 Å². The van der Waals surface area contributed by atoms with Gasteiger partial charge >= 0.3 is 11.9 Å². The molecule has 0 saturated heterocycles. The lowest BCUT2D eigenvalue weighted by atomic mass is 10.4. The smallest absolute Gasteiger partial charge is 0.335 e. The normalized spacial score (nSPS) is 8.42. The second-order valence-corrected chi connectivity index (χ2v) is 2.00. The lowest BCUT2D eigenvalue weighted by molar-refractivity contribution is -0.160. The zero-order valence-corrected chi connectivity index (χ0v) is 6.83. The highest BCUT2D eigenvalue weighted by Crippen LogP contribution is 1.92. The van der Waals surface area contributed by atoms with Gasteiger partial charge in [-0.05, 0) is 6.92 Å². The number of hydrogen-bond donors (Lipinski definition) is 0. The number of rotatable bonds is 4. The molecule has 0 aliphatic carbocycles. The summed E-state index contributed by atoms with van der Waals surface area (Å²) in [5.74, 6) is -1.23. The van der Waals surface area contributed by atoms with Crippen LogP contribution in [0.2, 0.25) is 0 Å². The van der Waals surface area contributed by atoms with Crippen molar-refractivity contribution in [3.63, 3.8) is 0 Å². The summed E-state index contributed by atoms with van der Waals surface area (Å²) in [6.07, 6.45) is 0.981. The summed E-state index contributed by atoms with van der Waals surface area (Å²) in [4.78, 5) is 21.1. The third kappa shape index (κ3) is 4.27. The van der Waals surface area contributed by atoms with Gasteiger partial charge in [-0.2, -0.15) is 0 Å². The molecule has 0 aliphatic heterocycles. The molecule has 0 unspecified atom stereocenters. The van der Waals surface area contributed by atoms with E-state index in [1.165, 1.54) is 6.92 Å². The number of carbonyl (C=O) groups excluding carboxylic acids is 2. The lowest BCUT2D eigenvalue weighted by Gasteiger charge is -2.02. The molecule has 0 radical (unpaired) electrons. The zero-order valence-electron chi connectivity index (χ0n) is 6.83. The van der Waals surface area contributed by atoms with E-state index in [1.807, 2.05) is 0 Å². The minimum atomic E-state index is -0.635. The van der Waals surface area contributed by atoms with Crippen molar-refractivity contribution in [1.29, 1.82) is 0 Å². The second kappa shape index (κ2) is 5.12. The van der Waals surface area contributed by atoms with Gasteiger partial charge in [-0.15, -0.1) is 0 Å². The number of ether oxygens (including phenoxy) is 2. The Morgan fingerprint density at radius 2 is 2.00 bits per heavy atom. The summed E-state index contributed by atoms with van der Waals surface area (Å²) in [5.41, 5.74) is 0.254. The summed E-state index contributed by atoms with van der Waals surface area (Å²) < 4.78 is 8.82. The highest BCUT2D eigenvalue weighted by Gasteiger charge is 2.03. The van der Waals surface area contributed by atoms with E-state index in [1.54, 1.807) is 0 Å². The quantitative estimate of drug-likeness (QED) is 0.355. The molecule has 4 heteroatoms. The molecule has 0 atom stereocenters. The highest BCUT2D eigenvalue weighted by atomic mass is 16.7. The van der Waals surface area contributed by atoms with Crippen LogP contribution in [0.4, 0.5) is 0 Å². The summed E-state index contributed by atoms with van der Waals surface area (Å²) in [5, 5.41) is 0. The van der Waals surface area contributed by atoms with Gasteiger partial charge in [0.2, 0.25) is 6.79 Å². The summed E-state index contributed by atoms with van der Waals surface area (Å²) >= 11 is 0. The summed E-state index contributed by atoms with van der Waals surface area (Å²) in [7, 11) is 0. The molecule has 0 rings (SSSR count). The standard InChI is InChI=1S/C8H10O4/c1-4-7(9)11-5-12-8(10)6(2)3/h4H,1-2,5H2,3H3. The molecule has 0 fully saturated rings. The van der Waals surface area contributed by atoms with Crippen LogP contribution in [0.3, 0.4) is 0 Å². The van der Waals surface area contributed by atoms with E-state index in [2.05, 4.69) is 22.6 Å². The first kappa shape index (κ1) is 10.4. The number of esters is 2. The topological polar surface area (TPSA) is 52.6 Å². The van der Waals surface area contributed by atoms with E-state index in [9.17, 15) is 9.59 Å². The van der Waals surface area contributed by atoms with Crippen molar-refractivity contribution in [2.75, 3.05) is 6.79 Å². The fourth-order valence-corrected chi connectivity index (χ4v) is 0.323. The van der Waals surface area contributed by atoms with Gasteiger partial charge in [-0.1, -0.05) is 13.2 Å². The second-order valence-electron chi connectivity index (χ2n) is 2.00. The summed E-state index contributed by atoms with van der Waals surface area (Å²) in [6.45, 7) is 7.59. The average Bonchev–Trinajstić information content (AvgIpc) is 2.03. The lowest BCUT2D eigenvalue weighted by Crippen LogP contribution is -2.11. The molecule has 4 nitrogen and oxygen atoms in total. The fourth-order valence-electron chi connectivity index (χ4n) is 0.323. The van der Waals surface area contributed by atoms with Crippen molar-refractivity contribution in [1.82, 2.24) is 0 Å². The van der Waals surface area contributed by atoms with Crippen LogP contribution < -0.4 is 0 Å². The monoisotopic (exact) mass is 170 g/mol. The van der Waals surface area contributed by atoms with Gasteiger partial charge in [-0.25, -0.2) is 9.59 Å². The van der Waals surface area contributed by atoms with Crippen molar-refractivity contribution < 1.29 is 19.1 Å². The van der Waals surface area contributed by atoms with E-state index >= 15 is 0 Å². The van der Waals surface area contributed by atoms with Gasteiger partial charge in [0.1, 0.15) is 0 Å². The Balaban J connectivity index is 3.57. The van der Waals surface area contributed by atoms with Gasteiger partial charge in [-0.3, -0.25) is 0 Å². The number of carbonyl (C=O) groups is 2. The first-order valence-corrected chi connectivity index (χ1v) is 3.19. The Hall–Kier alpha value is -1.58. The Bertz CT molecular complexity index is 217. The molecule has 0 aliphatic rings. The Labute approximate surface area is 70.5 Å². The Morgan fingerprint density at radius 1 is 1.42 bits per heavy atom. The van der Waals surface area contributed by atoms with Crippen molar-refractivity contribution in [2.45, 2.75) is 6.92 Å². The molecular weight excluding hydrogens is 160 g/mol. The van der Waals surface area contributed by atoms with Gasteiger partial charge in [0.15, 0.2) is 0 Å². The molecule has 0 spiro atoms. The third-order valence-corrected chi connectivity index (χ3v) is 0.906. The van der Waals surface area contributed by atoms with Crippen LogP contribution >= 0.6 is 0 Å². The van der Waals surface area contributed by atoms with Crippen LogP contribution in [-0.4, -0.2) is 18.7 Å². The van der Waals surface area contributed by atoms with Crippen LogP contribution in [-0.2, 0) is 19.1 Å². The van der Waals surface area contributed by atoms with Crippen LogP contribution in [0.25, 0.3) is 0 Å². The van der Waals surface area contributed by atoms with Crippen molar-refractivity contribution >= 4 is 11.9 Å². The van der Waals surface area contributed by atoms with E-state index < -0.39 is 18.7 Å². The molecule has 0 aromatic rings. The molecule has 0 N–H and O–H groups in total. The van der Waals surface area contributed by atoms with Crippen LogP contribution in [0.1, 0.15) is 6.92 Å². The maximum absolute atomic E-state index is 10.7. The predicted octanol–water partition coefficient (Wildman–Crippen LogP) is 0.792. The molecule has 0 aromatic heterocycles. The Morgan fingerprint density at radius 3 is 2.42 bits per heavy atom. The fraction of sp³-hybridized carbons (Fsp3) is 0.250. The van der Waals surface area contributed by atoms with Crippen molar-refractivity contribution in [3.8, 4) is 0 Å². The summed E-state index contributed by atoms with van der Waals surface area (Å²) in [6, 6.07) is 0.